The Morgan fingerprint density at radius 2 is 1.96 bits per heavy atom. The van der Waals surface area contributed by atoms with Crippen molar-refractivity contribution in [3.8, 4) is 11.3 Å². The molecule has 1 aliphatic rings. The topological polar surface area (TPSA) is 44.1 Å². The average molecular weight is 360 g/mol. The summed E-state index contributed by atoms with van der Waals surface area (Å²) in [6.45, 7) is 1.73. The van der Waals surface area contributed by atoms with Crippen molar-refractivity contribution in [2.45, 2.75) is 13.3 Å². The van der Waals surface area contributed by atoms with Gasteiger partial charge in [0.25, 0.3) is 0 Å². The van der Waals surface area contributed by atoms with Gasteiger partial charge >= 0.3 is 5.97 Å². The molecule has 1 aromatic carbocycles. The van der Waals surface area contributed by atoms with Gasteiger partial charge in [0, 0.05) is 11.6 Å². The number of rotatable bonds is 4. The number of allylic oxidation sites excluding steroid dienone is 6. The van der Waals surface area contributed by atoms with Crippen molar-refractivity contribution in [1.82, 2.24) is 9.78 Å². The second-order valence-electron chi connectivity index (χ2n) is 5.44. The highest BCUT2D eigenvalue weighted by molar-refractivity contribution is 5.97. The van der Waals surface area contributed by atoms with Crippen LogP contribution in [-0.2, 0) is 4.74 Å². The fraction of sp³-hybridized carbons (Fsp3) is 0.158. The van der Waals surface area contributed by atoms with E-state index in [9.17, 15) is 18.0 Å². The number of carbonyl (C=O) groups excluding carboxylic acids is 1. The molecule has 0 radical (unpaired) electrons. The van der Waals surface area contributed by atoms with Crippen molar-refractivity contribution >= 4 is 11.7 Å². The van der Waals surface area contributed by atoms with Crippen LogP contribution in [0.1, 0.15) is 23.7 Å². The van der Waals surface area contributed by atoms with E-state index in [1.54, 1.807) is 25.2 Å². The van der Waals surface area contributed by atoms with Crippen LogP contribution in [0, 0.1) is 17.5 Å². The standard InChI is InChI=1S/C19H15F3N2O2/c1-2-26-19(25)14-11-23-24(12-7-5-3-4-6-8-12)18(14)13-9-16(21)17(22)10-15(13)20/h3,5-11H,2,4H2,1H3. The second-order valence-corrected chi connectivity index (χ2v) is 5.44. The lowest BCUT2D eigenvalue weighted by Crippen LogP contribution is -2.08. The molecule has 0 saturated carbocycles. The molecule has 4 nitrogen and oxygen atoms in total. The molecule has 1 aliphatic carbocycles. The second kappa shape index (κ2) is 7.43. The average Bonchev–Trinajstić information content (AvgIpc) is 2.86. The highest BCUT2D eigenvalue weighted by Gasteiger charge is 2.25. The Bertz CT molecular complexity index is 943. The zero-order valence-electron chi connectivity index (χ0n) is 13.9. The Balaban J connectivity index is 2.25. The summed E-state index contributed by atoms with van der Waals surface area (Å²) in [5.74, 6) is -4.28. The first-order chi connectivity index (χ1) is 12.5. The maximum atomic E-state index is 14.4. The van der Waals surface area contributed by atoms with E-state index < -0.39 is 23.4 Å². The molecule has 2 aromatic rings. The third-order valence-corrected chi connectivity index (χ3v) is 3.74. The van der Waals surface area contributed by atoms with Gasteiger partial charge in [0.2, 0.25) is 0 Å². The normalized spacial score (nSPS) is 13.5. The fourth-order valence-electron chi connectivity index (χ4n) is 2.57. The predicted molar refractivity (Wildman–Crippen MR) is 90.7 cm³/mol. The van der Waals surface area contributed by atoms with Gasteiger partial charge in [-0.2, -0.15) is 5.10 Å². The molecule has 0 aliphatic heterocycles. The zero-order valence-corrected chi connectivity index (χ0v) is 13.9. The van der Waals surface area contributed by atoms with Gasteiger partial charge in [0.1, 0.15) is 11.4 Å². The van der Waals surface area contributed by atoms with E-state index >= 15 is 0 Å². The first-order valence-corrected chi connectivity index (χ1v) is 7.96. The minimum absolute atomic E-state index is 0.00829. The van der Waals surface area contributed by atoms with Crippen LogP contribution in [0.15, 0.2) is 48.7 Å². The summed E-state index contributed by atoms with van der Waals surface area (Å²) in [4.78, 5) is 12.2. The molecule has 0 unspecified atom stereocenters. The molecule has 26 heavy (non-hydrogen) atoms. The monoisotopic (exact) mass is 360 g/mol. The quantitative estimate of drug-likeness (QED) is 0.596. The summed E-state index contributed by atoms with van der Waals surface area (Å²) in [5.41, 5.74) is 0.200. The Morgan fingerprint density at radius 1 is 1.19 bits per heavy atom. The third kappa shape index (κ3) is 3.33. The largest absolute Gasteiger partial charge is 0.462 e. The van der Waals surface area contributed by atoms with E-state index in [0.717, 1.165) is 0 Å². The number of carbonyl (C=O) groups is 1. The maximum absolute atomic E-state index is 14.4. The van der Waals surface area contributed by atoms with Crippen LogP contribution in [0.3, 0.4) is 0 Å². The van der Waals surface area contributed by atoms with Crippen LogP contribution in [-0.4, -0.2) is 22.4 Å². The predicted octanol–water partition coefficient (Wildman–Crippen LogP) is 4.50. The van der Waals surface area contributed by atoms with Crippen LogP contribution in [0.2, 0.25) is 0 Å². The lowest BCUT2D eigenvalue weighted by Gasteiger charge is -2.11. The number of nitrogens with zero attached hydrogens (tertiary/aromatic N) is 2. The van der Waals surface area contributed by atoms with Crippen molar-refractivity contribution in [3.63, 3.8) is 0 Å². The summed E-state index contributed by atoms with van der Waals surface area (Å²) < 4.78 is 47.7. The van der Waals surface area contributed by atoms with E-state index in [0.29, 0.717) is 24.3 Å². The summed E-state index contributed by atoms with van der Waals surface area (Å²) >= 11 is 0. The molecule has 0 atom stereocenters. The summed E-state index contributed by atoms with van der Waals surface area (Å²) in [5, 5.41) is 4.13. The number of hydrogen-bond donors (Lipinski definition) is 0. The van der Waals surface area contributed by atoms with Crippen molar-refractivity contribution in [2.75, 3.05) is 6.61 Å². The van der Waals surface area contributed by atoms with Gasteiger partial charge in [-0.3, -0.25) is 0 Å². The van der Waals surface area contributed by atoms with Crippen LogP contribution >= 0.6 is 0 Å². The number of ether oxygens (including phenoxy) is 1. The molecule has 0 saturated heterocycles. The first-order valence-electron chi connectivity index (χ1n) is 7.96. The minimum Gasteiger partial charge on any atom is -0.462 e. The van der Waals surface area contributed by atoms with Crippen LogP contribution in [0.5, 0.6) is 0 Å². The van der Waals surface area contributed by atoms with Crippen LogP contribution < -0.4 is 0 Å². The molecule has 1 aromatic heterocycles. The lowest BCUT2D eigenvalue weighted by atomic mass is 10.1. The van der Waals surface area contributed by atoms with Gasteiger partial charge < -0.3 is 4.74 Å². The molecular formula is C19H15F3N2O2. The number of aromatic nitrogens is 2. The number of halogens is 3. The van der Waals surface area contributed by atoms with E-state index in [2.05, 4.69) is 5.10 Å². The third-order valence-electron chi connectivity index (χ3n) is 3.74. The molecule has 3 rings (SSSR count). The molecule has 0 N–H and O–H groups in total. The fourth-order valence-corrected chi connectivity index (χ4v) is 2.57. The van der Waals surface area contributed by atoms with E-state index in [1.807, 2.05) is 12.2 Å². The first kappa shape index (κ1) is 17.7. The highest BCUT2D eigenvalue weighted by Crippen LogP contribution is 2.31. The molecule has 0 bridgehead atoms. The molecule has 0 amide bonds. The summed E-state index contributed by atoms with van der Waals surface area (Å²) in [6.07, 6.45) is 10.9. The zero-order chi connectivity index (χ0) is 18.7. The molecule has 1 heterocycles. The lowest BCUT2D eigenvalue weighted by molar-refractivity contribution is 0.0527. The van der Waals surface area contributed by atoms with Crippen molar-refractivity contribution in [2.24, 2.45) is 0 Å². The van der Waals surface area contributed by atoms with E-state index in [1.165, 1.54) is 10.9 Å². The smallest absolute Gasteiger partial charge is 0.342 e. The Morgan fingerprint density at radius 3 is 2.73 bits per heavy atom. The van der Waals surface area contributed by atoms with Gasteiger partial charge in [-0.15, -0.1) is 0 Å². The summed E-state index contributed by atoms with van der Waals surface area (Å²) in [6, 6.07) is 1.14. The van der Waals surface area contributed by atoms with Crippen molar-refractivity contribution < 1.29 is 22.7 Å². The number of benzene rings is 1. The maximum Gasteiger partial charge on any atom is 0.342 e. The van der Waals surface area contributed by atoms with Gasteiger partial charge in [0.05, 0.1) is 24.2 Å². The Hall–Kier alpha value is -3.09. The van der Waals surface area contributed by atoms with Gasteiger partial charge in [0.15, 0.2) is 11.6 Å². The molecular weight excluding hydrogens is 345 g/mol. The number of hydrogen-bond acceptors (Lipinski definition) is 3. The molecule has 7 heteroatoms. The number of esters is 1. The van der Waals surface area contributed by atoms with Crippen molar-refractivity contribution in [1.29, 1.82) is 0 Å². The van der Waals surface area contributed by atoms with Gasteiger partial charge in [-0.05, 0) is 31.6 Å². The van der Waals surface area contributed by atoms with Gasteiger partial charge in [-0.25, -0.2) is 22.6 Å². The molecule has 0 spiro atoms. The molecule has 134 valence electrons. The Labute approximate surface area is 147 Å². The Kier molecular flexibility index (Phi) is 5.06. The van der Waals surface area contributed by atoms with Crippen LogP contribution in [0.25, 0.3) is 17.0 Å². The van der Waals surface area contributed by atoms with Crippen molar-refractivity contribution in [3.05, 3.63) is 71.7 Å². The minimum atomic E-state index is -1.31. The summed E-state index contributed by atoms with van der Waals surface area (Å²) in [7, 11) is 0. The molecule has 0 fully saturated rings. The van der Waals surface area contributed by atoms with Gasteiger partial charge in [-0.1, -0.05) is 18.2 Å². The van der Waals surface area contributed by atoms with Crippen LogP contribution in [0.4, 0.5) is 13.2 Å². The van der Waals surface area contributed by atoms with E-state index in [-0.39, 0.29) is 23.4 Å². The van der Waals surface area contributed by atoms with E-state index in [4.69, 9.17) is 4.74 Å². The highest BCUT2D eigenvalue weighted by atomic mass is 19.2. The SMILES string of the molecule is CCOC(=O)c1cnn(C2=CC=CCC=C2)c1-c1cc(F)c(F)cc1F.